The summed E-state index contributed by atoms with van der Waals surface area (Å²) in [4.78, 5) is 23.6. The summed E-state index contributed by atoms with van der Waals surface area (Å²) in [6.07, 6.45) is 3.71. The Morgan fingerprint density at radius 1 is 1.10 bits per heavy atom. The van der Waals surface area contributed by atoms with Crippen molar-refractivity contribution in [2.45, 2.75) is 25.7 Å². The van der Waals surface area contributed by atoms with Gasteiger partial charge in [0.1, 0.15) is 0 Å². The molecule has 2 saturated carbocycles. The Balaban J connectivity index is 1.58. The van der Waals surface area contributed by atoms with Crippen LogP contribution in [0.1, 0.15) is 25.7 Å². The summed E-state index contributed by atoms with van der Waals surface area (Å²) >= 11 is 0. The van der Waals surface area contributed by atoms with E-state index in [9.17, 15) is 9.59 Å². The number of anilines is 2. The van der Waals surface area contributed by atoms with E-state index in [1.54, 1.807) is 24.3 Å². The van der Waals surface area contributed by atoms with Crippen LogP contribution in [0.5, 0.6) is 0 Å². The Labute approximate surface area is 117 Å². The van der Waals surface area contributed by atoms with Crippen LogP contribution < -0.4 is 16.4 Å². The van der Waals surface area contributed by atoms with Crippen molar-refractivity contribution in [3.05, 3.63) is 24.3 Å². The molecule has 20 heavy (non-hydrogen) atoms. The summed E-state index contributed by atoms with van der Waals surface area (Å²) in [5.41, 5.74) is 6.78. The van der Waals surface area contributed by atoms with Gasteiger partial charge in [-0.1, -0.05) is 0 Å². The molecule has 0 radical (unpaired) electrons. The molecule has 0 aliphatic heterocycles. The predicted molar refractivity (Wildman–Crippen MR) is 77.1 cm³/mol. The average molecular weight is 273 g/mol. The number of nitrogens with two attached hydrogens (primary N) is 1. The van der Waals surface area contributed by atoms with Crippen LogP contribution in [0.3, 0.4) is 0 Å². The minimum atomic E-state index is -0.348. The highest BCUT2D eigenvalue weighted by Gasteiger charge is 2.48. The molecule has 5 heteroatoms. The quantitative estimate of drug-likeness (QED) is 0.763. The maximum Gasteiger partial charge on any atom is 0.231 e. The molecule has 5 nitrogen and oxygen atoms in total. The van der Waals surface area contributed by atoms with Gasteiger partial charge in [-0.15, -0.1) is 0 Å². The smallest absolute Gasteiger partial charge is 0.231 e. The Hall–Kier alpha value is -1.88. The minimum absolute atomic E-state index is 0.00485. The number of carbonyl (C=O) groups is 2. The summed E-state index contributed by atoms with van der Waals surface area (Å²) in [5.74, 6) is 0.269. The van der Waals surface area contributed by atoms with Gasteiger partial charge in [0.2, 0.25) is 11.8 Å². The fourth-order valence-corrected chi connectivity index (χ4v) is 2.17. The van der Waals surface area contributed by atoms with Gasteiger partial charge >= 0.3 is 0 Å². The highest BCUT2D eigenvalue weighted by molar-refractivity contribution is 5.98. The van der Waals surface area contributed by atoms with E-state index < -0.39 is 0 Å². The molecule has 0 atom stereocenters. The van der Waals surface area contributed by atoms with Crippen molar-refractivity contribution < 1.29 is 9.59 Å². The summed E-state index contributed by atoms with van der Waals surface area (Å²) in [5, 5.41) is 5.75. The van der Waals surface area contributed by atoms with Crippen LogP contribution in [0, 0.1) is 11.3 Å². The SMILES string of the molecule is NCC1(C(=O)Nc2ccc(NC(=O)C3CC3)cc2)CC1. The molecule has 2 fully saturated rings. The molecule has 2 aliphatic carbocycles. The first-order chi connectivity index (χ1) is 9.63. The number of hydrogen-bond acceptors (Lipinski definition) is 3. The van der Waals surface area contributed by atoms with Crippen LogP contribution in [0.25, 0.3) is 0 Å². The Kier molecular flexibility index (Phi) is 3.22. The Morgan fingerprint density at radius 3 is 2.10 bits per heavy atom. The zero-order valence-electron chi connectivity index (χ0n) is 11.3. The van der Waals surface area contributed by atoms with Crippen LogP contribution in [-0.4, -0.2) is 18.4 Å². The van der Waals surface area contributed by atoms with E-state index in [-0.39, 0.29) is 23.1 Å². The summed E-state index contributed by atoms with van der Waals surface area (Å²) in [7, 11) is 0. The van der Waals surface area contributed by atoms with E-state index >= 15 is 0 Å². The van der Waals surface area contributed by atoms with Crippen LogP contribution >= 0.6 is 0 Å². The van der Waals surface area contributed by atoms with Crippen LogP contribution in [0.2, 0.25) is 0 Å². The van der Waals surface area contributed by atoms with Crippen molar-refractivity contribution in [1.82, 2.24) is 0 Å². The average Bonchev–Trinajstić information content (AvgIpc) is 3.33. The second-order valence-electron chi connectivity index (χ2n) is 5.78. The molecule has 4 N–H and O–H groups in total. The molecule has 0 aromatic heterocycles. The molecule has 1 aromatic carbocycles. The molecule has 0 saturated heterocycles. The molecular formula is C15H19N3O2. The van der Waals surface area contributed by atoms with Crippen molar-refractivity contribution in [3.63, 3.8) is 0 Å². The van der Waals surface area contributed by atoms with E-state index in [0.29, 0.717) is 6.54 Å². The zero-order valence-corrected chi connectivity index (χ0v) is 11.3. The normalized spacial score (nSPS) is 19.2. The minimum Gasteiger partial charge on any atom is -0.329 e. The molecule has 2 amide bonds. The molecule has 0 heterocycles. The lowest BCUT2D eigenvalue weighted by atomic mass is 10.1. The van der Waals surface area contributed by atoms with E-state index in [4.69, 9.17) is 5.73 Å². The van der Waals surface area contributed by atoms with Crippen molar-refractivity contribution in [2.24, 2.45) is 17.1 Å². The lowest BCUT2D eigenvalue weighted by Crippen LogP contribution is -2.30. The van der Waals surface area contributed by atoms with Crippen LogP contribution in [0.4, 0.5) is 11.4 Å². The summed E-state index contributed by atoms with van der Waals surface area (Å²) < 4.78 is 0. The van der Waals surface area contributed by atoms with E-state index in [1.165, 1.54) is 0 Å². The molecule has 0 unspecified atom stereocenters. The van der Waals surface area contributed by atoms with E-state index in [2.05, 4.69) is 10.6 Å². The third-order valence-electron chi connectivity index (χ3n) is 4.08. The maximum atomic E-state index is 12.0. The number of amides is 2. The summed E-state index contributed by atoms with van der Waals surface area (Å²) in [6.45, 7) is 0.397. The Bertz CT molecular complexity index is 531. The first-order valence-corrected chi connectivity index (χ1v) is 7.05. The molecular weight excluding hydrogens is 254 g/mol. The van der Waals surface area contributed by atoms with Crippen molar-refractivity contribution in [1.29, 1.82) is 0 Å². The standard InChI is InChI=1S/C15H19N3O2/c16-9-15(7-8-15)14(20)18-12-5-3-11(4-6-12)17-13(19)10-1-2-10/h3-6,10H,1-2,7-9,16H2,(H,17,19)(H,18,20). The zero-order chi connectivity index (χ0) is 14.2. The van der Waals surface area contributed by atoms with E-state index in [1.807, 2.05) is 0 Å². The van der Waals surface area contributed by atoms with Gasteiger partial charge < -0.3 is 16.4 Å². The molecule has 1 aromatic rings. The second kappa shape index (κ2) is 4.90. The highest BCUT2D eigenvalue weighted by atomic mass is 16.2. The summed E-state index contributed by atoms with van der Waals surface area (Å²) in [6, 6.07) is 7.20. The number of rotatable bonds is 5. The third kappa shape index (κ3) is 2.67. The van der Waals surface area contributed by atoms with E-state index in [0.717, 1.165) is 37.1 Å². The van der Waals surface area contributed by atoms with Crippen molar-refractivity contribution in [3.8, 4) is 0 Å². The Morgan fingerprint density at radius 2 is 1.65 bits per heavy atom. The molecule has 0 spiro atoms. The first-order valence-electron chi connectivity index (χ1n) is 7.05. The maximum absolute atomic E-state index is 12.0. The number of benzene rings is 1. The van der Waals surface area contributed by atoms with Crippen molar-refractivity contribution >= 4 is 23.2 Å². The fourth-order valence-electron chi connectivity index (χ4n) is 2.17. The van der Waals surface area contributed by atoms with Gasteiger partial charge in [0.25, 0.3) is 0 Å². The largest absolute Gasteiger partial charge is 0.329 e. The number of carbonyl (C=O) groups excluding carboxylic acids is 2. The lowest BCUT2D eigenvalue weighted by molar-refractivity contribution is -0.120. The molecule has 3 rings (SSSR count). The van der Waals surface area contributed by atoms with Gasteiger partial charge in [-0.2, -0.15) is 0 Å². The van der Waals surface area contributed by atoms with Crippen molar-refractivity contribution in [2.75, 3.05) is 17.2 Å². The molecule has 106 valence electrons. The fraction of sp³-hybridized carbons (Fsp3) is 0.467. The van der Waals surface area contributed by atoms with Gasteiger partial charge in [0.05, 0.1) is 5.41 Å². The lowest BCUT2D eigenvalue weighted by Gasteiger charge is -2.13. The van der Waals surface area contributed by atoms with Gasteiger partial charge in [0, 0.05) is 23.8 Å². The number of hydrogen-bond donors (Lipinski definition) is 3. The highest BCUT2D eigenvalue weighted by Crippen LogP contribution is 2.45. The monoisotopic (exact) mass is 273 g/mol. The van der Waals surface area contributed by atoms with Gasteiger partial charge in [-0.3, -0.25) is 9.59 Å². The topological polar surface area (TPSA) is 84.2 Å². The van der Waals surface area contributed by atoms with Crippen LogP contribution in [0.15, 0.2) is 24.3 Å². The predicted octanol–water partition coefficient (Wildman–Crippen LogP) is 1.71. The number of nitrogens with one attached hydrogen (secondary N) is 2. The molecule has 2 aliphatic rings. The second-order valence-corrected chi connectivity index (χ2v) is 5.78. The van der Waals surface area contributed by atoms with Crippen LogP contribution in [-0.2, 0) is 9.59 Å². The molecule has 0 bridgehead atoms. The van der Waals surface area contributed by atoms with Gasteiger partial charge in [-0.25, -0.2) is 0 Å². The first kappa shape index (κ1) is 13.1. The van der Waals surface area contributed by atoms with Gasteiger partial charge in [-0.05, 0) is 49.9 Å². The third-order valence-corrected chi connectivity index (χ3v) is 4.08. The van der Waals surface area contributed by atoms with Gasteiger partial charge in [0.15, 0.2) is 0 Å².